The Morgan fingerprint density at radius 3 is 2.81 bits per heavy atom. The average Bonchev–Trinajstić information content (AvgIpc) is 3.20. The first-order valence-corrected chi connectivity index (χ1v) is 9.88. The van der Waals surface area contributed by atoms with Crippen molar-refractivity contribution in [2.45, 2.75) is 58.0 Å². The highest BCUT2D eigenvalue weighted by Gasteiger charge is 2.29. The fraction of sp³-hybridized carbons (Fsp3) is 0.500. The molecule has 5 nitrogen and oxygen atoms in total. The van der Waals surface area contributed by atoms with Gasteiger partial charge in [0.05, 0.1) is 0 Å². The molecule has 3 heterocycles. The SMILES string of the molecule is CC(C)(C)c1cc2c(c([C@@H]3CCCN3)c1)CN(C(=O)c1ccncn1)CC2. The Hall–Kier alpha value is -2.27. The lowest BCUT2D eigenvalue weighted by Crippen LogP contribution is -2.37. The van der Waals surface area contributed by atoms with Gasteiger partial charge in [-0.3, -0.25) is 4.79 Å². The maximum Gasteiger partial charge on any atom is 0.272 e. The lowest BCUT2D eigenvalue weighted by Gasteiger charge is -2.33. The van der Waals surface area contributed by atoms with Gasteiger partial charge in [0.2, 0.25) is 0 Å². The molecule has 1 amide bonds. The molecule has 1 saturated heterocycles. The number of carbonyl (C=O) groups is 1. The van der Waals surface area contributed by atoms with Crippen LogP contribution < -0.4 is 5.32 Å². The summed E-state index contributed by atoms with van der Waals surface area (Å²) in [6.07, 6.45) is 6.34. The smallest absolute Gasteiger partial charge is 0.272 e. The van der Waals surface area contributed by atoms with E-state index in [-0.39, 0.29) is 11.3 Å². The number of nitrogens with zero attached hydrogens (tertiary/aromatic N) is 3. The van der Waals surface area contributed by atoms with Gasteiger partial charge in [-0.05, 0) is 59.5 Å². The van der Waals surface area contributed by atoms with E-state index >= 15 is 0 Å². The first-order chi connectivity index (χ1) is 12.9. The summed E-state index contributed by atoms with van der Waals surface area (Å²) in [6, 6.07) is 6.83. The predicted molar refractivity (Wildman–Crippen MR) is 106 cm³/mol. The molecule has 1 aromatic heterocycles. The summed E-state index contributed by atoms with van der Waals surface area (Å²) in [7, 11) is 0. The van der Waals surface area contributed by atoms with Crippen molar-refractivity contribution in [2.24, 2.45) is 0 Å². The molecule has 2 aromatic rings. The fourth-order valence-electron chi connectivity index (χ4n) is 4.14. The molecule has 2 aliphatic heterocycles. The van der Waals surface area contributed by atoms with E-state index in [0.29, 0.717) is 18.3 Å². The molecule has 2 aliphatic rings. The van der Waals surface area contributed by atoms with E-state index in [9.17, 15) is 4.79 Å². The minimum atomic E-state index is -0.00622. The van der Waals surface area contributed by atoms with Crippen LogP contribution in [0.15, 0.2) is 30.7 Å². The maximum atomic E-state index is 12.9. The van der Waals surface area contributed by atoms with Gasteiger partial charge in [0.25, 0.3) is 5.91 Å². The van der Waals surface area contributed by atoms with Gasteiger partial charge in [0.15, 0.2) is 0 Å². The molecule has 0 aliphatic carbocycles. The van der Waals surface area contributed by atoms with Crippen LogP contribution in [-0.2, 0) is 18.4 Å². The van der Waals surface area contributed by atoms with Crippen molar-refractivity contribution in [2.75, 3.05) is 13.1 Å². The number of carbonyl (C=O) groups excluding carboxylic acids is 1. The molecule has 5 heteroatoms. The average molecular weight is 364 g/mol. The van der Waals surface area contributed by atoms with Gasteiger partial charge in [-0.15, -0.1) is 0 Å². The number of rotatable bonds is 2. The van der Waals surface area contributed by atoms with E-state index < -0.39 is 0 Å². The number of nitrogens with one attached hydrogen (secondary N) is 1. The molecule has 1 fully saturated rings. The lowest BCUT2D eigenvalue weighted by molar-refractivity contribution is 0.0727. The standard InChI is InChI=1S/C22H28N4O/c1-22(2,3)16-11-15-7-10-26(21(27)20-6-9-23-14-25-20)13-18(15)17(12-16)19-5-4-8-24-19/h6,9,11-12,14,19,24H,4-5,7-8,10,13H2,1-3H3/t19-/m0/s1. The number of aromatic nitrogens is 2. The van der Waals surface area contributed by atoms with Crippen LogP contribution in [-0.4, -0.2) is 33.9 Å². The van der Waals surface area contributed by atoms with Gasteiger partial charge in [0.1, 0.15) is 12.0 Å². The van der Waals surface area contributed by atoms with Crippen LogP contribution in [0.4, 0.5) is 0 Å². The van der Waals surface area contributed by atoms with Crippen molar-refractivity contribution in [3.63, 3.8) is 0 Å². The third-order valence-corrected chi connectivity index (χ3v) is 5.77. The van der Waals surface area contributed by atoms with Crippen molar-refractivity contribution in [1.82, 2.24) is 20.2 Å². The van der Waals surface area contributed by atoms with Crippen LogP contribution >= 0.6 is 0 Å². The molecule has 0 bridgehead atoms. The zero-order chi connectivity index (χ0) is 19.0. The van der Waals surface area contributed by atoms with E-state index in [1.54, 1.807) is 12.3 Å². The Morgan fingerprint density at radius 1 is 1.30 bits per heavy atom. The van der Waals surface area contributed by atoms with Crippen molar-refractivity contribution in [1.29, 1.82) is 0 Å². The van der Waals surface area contributed by atoms with Crippen LogP contribution in [0.3, 0.4) is 0 Å². The van der Waals surface area contributed by atoms with Crippen LogP contribution in [0.25, 0.3) is 0 Å². The molecule has 1 aromatic carbocycles. The zero-order valence-electron chi connectivity index (χ0n) is 16.5. The second kappa shape index (κ2) is 7.04. The van der Waals surface area contributed by atoms with E-state index in [1.165, 1.54) is 41.4 Å². The quantitative estimate of drug-likeness (QED) is 0.887. The highest BCUT2D eigenvalue weighted by Crippen LogP contribution is 2.36. The number of fused-ring (bicyclic) bond motifs is 1. The molecule has 0 spiro atoms. The third kappa shape index (κ3) is 3.61. The highest BCUT2D eigenvalue weighted by molar-refractivity contribution is 5.92. The van der Waals surface area contributed by atoms with Crippen molar-refractivity contribution < 1.29 is 4.79 Å². The summed E-state index contributed by atoms with van der Waals surface area (Å²) < 4.78 is 0. The Kier molecular flexibility index (Phi) is 4.72. The summed E-state index contributed by atoms with van der Waals surface area (Å²) in [6.45, 7) is 9.29. The molecule has 1 atom stereocenters. The van der Waals surface area contributed by atoms with E-state index in [4.69, 9.17) is 0 Å². The van der Waals surface area contributed by atoms with Crippen molar-refractivity contribution in [3.05, 3.63) is 58.7 Å². The molecule has 142 valence electrons. The first kappa shape index (κ1) is 18.1. The van der Waals surface area contributed by atoms with E-state index in [2.05, 4.69) is 48.2 Å². The van der Waals surface area contributed by atoms with Gasteiger partial charge in [-0.2, -0.15) is 0 Å². The largest absolute Gasteiger partial charge is 0.333 e. The normalized spacial score (nSPS) is 19.8. The molecule has 0 radical (unpaired) electrons. The van der Waals surface area contributed by atoms with Gasteiger partial charge in [-0.1, -0.05) is 32.9 Å². The number of amides is 1. The summed E-state index contributed by atoms with van der Waals surface area (Å²) in [5, 5.41) is 3.65. The molecule has 4 rings (SSSR count). The predicted octanol–water partition coefficient (Wildman–Crippen LogP) is 3.40. The van der Waals surface area contributed by atoms with Crippen LogP contribution in [0.2, 0.25) is 0 Å². The van der Waals surface area contributed by atoms with Gasteiger partial charge in [0, 0.05) is 25.3 Å². The lowest BCUT2D eigenvalue weighted by atomic mass is 9.80. The highest BCUT2D eigenvalue weighted by atomic mass is 16.2. The van der Waals surface area contributed by atoms with Crippen molar-refractivity contribution >= 4 is 5.91 Å². The monoisotopic (exact) mass is 364 g/mol. The summed E-state index contributed by atoms with van der Waals surface area (Å²) in [5.74, 6) is -0.00622. The molecule has 0 saturated carbocycles. The van der Waals surface area contributed by atoms with Crippen LogP contribution in [0.5, 0.6) is 0 Å². The second-order valence-electron chi connectivity index (χ2n) is 8.67. The number of hydrogen-bond donors (Lipinski definition) is 1. The molecular formula is C22H28N4O. The first-order valence-electron chi connectivity index (χ1n) is 9.88. The van der Waals surface area contributed by atoms with E-state index in [1.807, 2.05) is 4.90 Å². The Morgan fingerprint density at radius 2 is 2.15 bits per heavy atom. The second-order valence-corrected chi connectivity index (χ2v) is 8.67. The van der Waals surface area contributed by atoms with Crippen LogP contribution in [0.1, 0.15) is 72.4 Å². The molecule has 27 heavy (non-hydrogen) atoms. The van der Waals surface area contributed by atoms with Gasteiger partial charge >= 0.3 is 0 Å². The number of hydrogen-bond acceptors (Lipinski definition) is 4. The molecular weight excluding hydrogens is 336 g/mol. The topological polar surface area (TPSA) is 58.1 Å². The maximum absolute atomic E-state index is 12.9. The fourth-order valence-corrected chi connectivity index (χ4v) is 4.14. The zero-order valence-corrected chi connectivity index (χ0v) is 16.5. The Balaban J connectivity index is 1.70. The Bertz CT molecular complexity index is 835. The van der Waals surface area contributed by atoms with Crippen LogP contribution in [0, 0.1) is 0 Å². The molecule has 0 unspecified atom stereocenters. The van der Waals surface area contributed by atoms with Crippen molar-refractivity contribution in [3.8, 4) is 0 Å². The van der Waals surface area contributed by atoms with Gasteiger partial charge in [-0.25, -0.2) is 9.97 Å². The minimum Gasteiger partial charge on any atom is -0.333 e. The third-order valence-electron chi connectivity index (χ3n) is 5.77. The minimum absolute atomic E-state index is 0.00622. The number of benzene rings is 1. The summed E-state index contributed by atoms with van der Waals surface area (Å²) in [4.78, 5) is 22.9. The Labute approximate surface area is 161 Å². The summed E-state index contributed by atoms with van der Waals surface area (Å²) >= 11 is 0. The summed E-state index contributed by atoms with van der Waals surface area (Å²) in [5.41, 5.74) is 6.10. The van der Waals surface area contributed by atoms with Gasteiger partial charge < -0.3 is 10.2 Å². The van der Waals surface area contributed by atoms with E-state index in [0.717, 1.165) is 19.5 Å². The molecule has 1 N–H and O–H groups in total.